The number of anilines is 1. The molecule has 0 unspecified atom stereocenters. The van der Waals surface area contributed by atoms with E-state index in [1.165, 1.54) is 7.05 Å². The van der Waals surface area contributed by atoms with E-state index >= 15 is 0 Å². The fourth-order valence-electron chi connectivity index (χ4n) is 2.68. The highest BCUT2D eigenvalue weighted by Gasteiger charge is 2.32. The van der Waals surface area contributed by atoms with Crippen molar-refractivity contribution in [3.05, 3.63) is 29.3 Å². The Hall–Kier alpha value is -1.88. The molecule has 0 saturated carbocycles. The lowest BCUT2D eigenvalue weighted by Crippen LogP contribution is -2.24. The van der Waals surface area contributed by atoms with Gasteiger partial charge in [-0.2, -0.15) is 0 Å². The van der Waals surface area contributed by atoms with Crippen LogP contribution in [-0.4, -0.2) is 43.5 Å². The number of benzene rings is 1. The monoisotopic (exact) mass is 274 g/mol. The standard InChI is InChI=1S/C15H18N2O3/c1-17-14(18)12-3-2-11(8-13(12)15(17)19)16-9-10-4-6-20-7-5-10/h2-3,8,10,16H,4-7,9H2,1H3. The van der Waals surface area contributed by atoms with E-state index in [1.54, 1.807) is 12.1 Å². The second-order valence-corrected chi connectivity index (χ2v) is 5.37. The van der Waals surface area contributed by atoms with E-state index in [4.69, 9.17) is 4.74 Å². The van der Waals surface area contributed by atoms with Crippen molar-refractivity contribution < 1.29 is 14.3 Å². The summed E-state index contributed by atoms with van der Waals surface area (Å²) in [6.07, 6.45) is 2.14. The Labute approximate surface area is 117 Å². The van der Waals surface area contributed by atoms with Crippen molar-refractivity contribution in [2.45, 2.75) is 12.8 Å². The van der Waals surface area contributed by atoms with Crippen LogP contribution in [0.15, 0.2) is 18.2 Å². The summed E-state index contributed by atoms with van der Waals surface area (Å²) in [5, 5.41) is 3.36. The number of imide groups is 1. The second kappa shape index (κ2) is 5.25. The number of carbonyl (C=O) groups is 2. The largest absolute Gasteiger partial charge is 0.385 e. The summed E-state index contributed by atoms with van der Waals surface area (Å²) in [6.45, 7) is 2.53. The van der Waals surface area contributed by atoms with Gasteiger partial charge in [0.05, 0.1) is 11.1 Å². The van der Waals surface area contributed by atoms with E-state index in [1.807, 2.05) is 6.07 Å². The maximum atomic E-state index is 11.9. The number of ether oxygens (including phenoxy) is 1. The predicted molar refractivity (Wildman–Crippen MR) is 74.9 cm³/mol. The molecule has 1 aromatic carbocycles. The maximum Gasteiger partial charge on any atom is 0.261 e. The Morgan fingerprint density at radius 1 is 1.20 bits per heavy atom. The molecule has 20 heavy (non-hydrogen) atoms. The number of amides is 2. The van der Waals surface area contributed by atoms with Crippen LogP contribution in [0.5, 0.6) is 0 Å². The summed E-state index contributed by atoms with van der Waals surface area (Å²) >= 11 is 0. The van der Waals surface area contributed by atoms with Gasteiger partial charge in [0.25, 0.3) is 11.8 Å². The molecule has 0 bridgehead atoms. The Bertz CT molecular complexity index is 550. The first-order chi connectivity index (χ1) is 9.66. The molecule has 2 aliphatic heterocycles. The average Bonchev–Trinajstić information content (AvgIpc) is 2.71. The van der Waals surface area contributed by atoms with Crippen molar-refractivity contribution in [2.75, 3.05) is 32.1 Å². The van der Waals surface area contributed by atoms with Crippen LogP contribution in [-0.2, 0) is 4.74 Å². The topological polar surface area (TPSA) is 58.6 Å². The molecular formula is C15H18N2O3. The molecule has 1 saturated heterocycles. The van der Waals surface area contributed by atoms with E-state index in [0.717, 1.165) is 43.2 Å². The molecule has 1 fully saturated rings. The lowest BCUT2D eigenvalue weighted by Gasteiger charge is -2.22. The minimum Gasteiger partial charge on any atom is -0.385 e. The van der Waals surface area contributed by atoms with E-state index in [-0.39, 0.29) is 11.8 Å². The Morgan fingerprint density at radius 2 is 1.90 bits per heavy atom. The zero-order chi connectivity index (χ0) is 14.1. The van der Waals surface area contributed by atoms with Gasteiger partial charge in [0.2, 0.25) is 0 Å². The predicted octanol–water partition coefficient (Wildman–Crippen LogP) is 1.75. The summed E-state index contributed by atoms with van der Waals surface area (Å²) in [5.74, 6) is 0.165. The van der Waals surface area contributed by atoms with Crippen LogP contribution in [0.2, 0.25) is 0 Å². The third-order valence-electron chi connectivity index (χ3n) is 4.03. The van der Waals surface area contributed by atoms with Gasteiger partial charge in [-0.15, -0.1) is 0 Å². The summed E-state index contributed by atoms with van der Waals surface area (Å²) in [5.41, 5.74) is 1.88. The molecule has 2 amide bonds. The van der Waals surface area contributed by atoms with Gasteiger partial charge in [-0.25, -0.2) is 0 Å². The molecule has 5 nitrogen and oxygen atoms in total. The molecule has 0 spiro atoms. The van der Waals surface area contributed by atoms with E-state index in [0.29, 0.717) is 17.0 Å². The molecular weight excluding hydrogens is 256 g/mol. The number of hydrogen-bond acceptors (Lipinski definition) is 4. The Balaban J connectivity index is 1.70. The SMILES string of the molecule is CN1C(=O)c2ccc(NCC3CCOCC3)cc2C1=O. The molecule has 1 aromatic rings. The number of rotatable bonds is 3. The molecule has 0 aliphatic carbocycles. The van der Waals surface area contributed by atoms with Crippen LogP contribution in [0.1, 0.15) is 33.6 Å². The Kier molecular flexibility index (Phi) is 3.44. The van der Waals surface area contributed by atoms with Crippen LogP contribution in [0, 0.1) is 5.92 Å². The number of fused-ring (bicyclic) bond motifs is 1. The summed E-state index contributed by atoms with van der Waals surface area (Å²) in [7, 11) is 1.51. The lowest BCUT2D eigenvalue weighted by molar-refractivity contribution is 0.0691. The van der Waals surface area contributed by atoms with Gasteiger partial charge < -0.3 is 10.1 Å². The van der Waals surface area contributed by atoms with Gasteiger partial charge in [-0.05, 0) is 37.0 Å². The highest BCUT2D eigenvalue weighted by molar-refractivity contribution is 6.21. The summed E-state index contributed by atoms with van der Waals surface area (Å²) < 4.78 is 5.33. The minimum atomic E-state index is -0.222. The molecule has 5 heteroatoms. The maximum absolute atomic E-state index is 11.9. The fourth-order valence-corrected chi connectivity index (χ4v) is 2.68. The molecule has 0 radical (unpaired) electrons. The second-order valence-electron chi connectivity index (χ2n) is 5.37. The van der Waals surface area contributed by atoms with Gasteiger partial charge in [0.15, 0.2) is 0 Å². The number of nitrogens with one attached hydrogen (secondary N) is 1. The van der Waals surface area contributed by atoms with Gasteiger partial charge in [0, 0.05) is 32.5 Å². The third kappa shape index (κ3) is 2.29. The normalized spacial score (nSPS) is 19.4. The highest BCUT2D eigenvalue weighted by Crippen LogP contribution is 2.25. The van der Waals surface area contributed by atoms with Crippen molar-refractivity contribution in [2.24, 2.45) is 5.92 Å². The number of carbonyl (C=O) groups excluding carboxylic acids is 2. The zero-order valence-electron chi connectivity index (χ0n) is 11.5. The lowest BCUT2D eigenvalue weighted by atomic mass is 10.00. The van der Waals surface area contributed by atoms with Gasteiger partial charge >= 0.3 is 0 Å². The van der Waals surface area contributed by atoms with Crippen molar-refractivity contribution in [3.63, 3.8) is 0 Å². The van der Waals surface area contributed by atoms with Crippen LogP contribution in [0.4, 0.5) is 5.69 Å². The van der Waals surface area contributed by atoms with E-state index in [9.17, 15) is 9.59 Å². The van der Waals surface area contributed by atoms with Crippen molar-refractivity contribution in [1.29, 1.82) is 0 Å². The first-order valence-electron chi connectivity index (χ1n) is 6.95. The fraction of sp³-hybridized carbons (Fsp3) is 0.467. The van der Waals surface area contributed by atoms with E-state index < -0.39 is 0 Å². The first kappa shape index (κ1) is 13.1. The van der Waals surface area contributed by atoms with Crippen LogP contribution >= 0.6 is 0 Å². The number of hydrogen-bond donors (Lipinski definition) is 1. The highest BCUT2D eigenvalue weighted by atomic mass is 16.5. The first-order valence-corrected chi connectivity index (χ1v) is 6.95. The van der Waals surface area contributed by atoms with Crippen molar-refractivity contribution in [1.82, 2.24) is 4.90 Å². The molecule has 1 N–H and O–H groups in total. The molecule has 0 atom stereocenters. The van der Waals surface area contributed by atoms with Gasteiger partial charge in [-0.1, -0.05) is 0 Å². The molecule has 0 aromatic heterocycles. The number of nitrogens with zero attached hydrogens (tertiary/aromatic N) is 1. The summed E-state index contributed by atoms with van der Waals surface area (Å²) in [6, 6.07) is 5.37. The average molecular weight is 274 g/mol. The third-order valence-corrected chi connectivity index (χ3v) is 4.03. The smallest absolute Gasteiger partial charge is 0.261 e. The van der Waals surface area contributed by atoms with Crippen LogP contribution in [0.3, 0.4) is 0 Å². The zero-order valence-corrected chi connectivity index (χ0v) is 11.5. The molecule has 3 rings (SSSR count). The van der Waals surface area contributed by atoms with Crippen LogP contribution in [0.25, 0.3) is 0 Å². The van der Waals surface area contributed by atoms with Gasteiger partial charge in [-0.3, -0.25) is 14.5 Å². The van der Waals surface area contributed by atoms with E-state index in [2.05, 4.69) is 5.32 Å². The minimum absolute atomic E-state index is 0.221. The quantitative estimate of drug-likeness (QED) is 0.853. The molecule has 106 valence electrons. The van der Waals surface area contributed by atoms with Crippen LogP contribution < -0.4 is 5.32 Å². The van der Waals surface area contributed by atoms with Crippen molar-refractivity contribution in [3.8, 4) is 0 Å². The van der Waals surface area contributed by atoms with Crippen molar-refractivity contribution >= 4 is 17.5 Å². The Morgan fingerprint density at radius 3 is 2.65 bits per heavy atom. The molecule has 2 aliphatic rings. The summed E-state index contributed by atoms with van der Waals surface area (Å²) in [4.78, 5) is 24.9. The molecule has 2 heterocycles. The van der Waals surface area contributed by atoms with Gasteiger partial charge in [0.1, 0.15) is 0 Å².